The van der Waals surface area contributed by atoms with Crippen LogP contribution in [-0.2, 0) is 11.4 Å². The molecule has 0 radical (unpaired) electrons. The fourth-order valence-corrected chi connectivity index (χ4v) is 3.18. The third-order valence-corrected chi connectivity index (χ3v) is 4.60. The van der Waals surface area contributed by atoms with Gasteiger partial charge in [-0.1, -0.05) is 60.8 Å². The Morgan fingerprint density at radius 2 is 1.71 bits per heavy atom. The van der Waals surface area contributed by atoms with Gasteiger partial charge in [0, 0.05) is 0 Å². The zero-order valence-corrected chi connectivity index (χ0v) is 13.8. The van der Waals surface area contributed by atoms with Crippen molar-refractivity contribution in [3.8, 4) is 6.07 Å². The topological polar surface area (TPSA) is 45.4 Å². The summed E-state index contributed by atoms with van der Waals surface area (Å²) in [5, 5.41) is 12.8. The monoisotopic (exact) mass is 318 g/mol. The second-order valence-corrected chi connectivity index (χ2v) is 6.32. The maximum absolute atomic E-state index is 8.77. The van der Waals surface area contributed by atoms with E-state index in [-0.39, 0.29) is 0 Å². The van der Waals surface area contributed by atoms with Gasteiger partial charge in [0.1, 0.15) is 6.61 Å². The van der Waals surface area contributed by atoms with E-state index in [1.165, 1.54) is 37.7 Å². The molecule has 3 heteroatoms. The Kier molecular flexibility index (Phi) is 5.63. The van der Waals surface area contributed by atoms with Gasteiger partial charge < -0.3 is 4.84 Å². The van der Waals surface area contributed by atoms with E-state index in [1.807, 2.05) is 12.1 Å². The molecule has 2 aromatic carbocycles. The van der Waals surface area contributed by atoms with Crippen molar-refractivity contribution in [2.45, 2.75) is 44.6 Å². The van der Waals surface area contributed by atoms with E-state index in [4.69, 9.17) is 10.1 Å². The molecule has 0 aromatic heterocycles. The maximum atomic E-state index is 8.77. The van der Waals surface area contributed by atoms with Crippen LogP contribution in [0.2, 0.25) is 0 Å². The predicted octanol–water partition coefficient (Wildman–Crippen LogP) is 5.16. The van der Waals surface area contributed by atoms with Crippen molar-refractivity contribution in [1.82, 2.24) is 0 Å². The molecule has 0 amide bonds. The first-order chi connectivity index (χ1) is 11.8. The average Bonchev–Trinajstić information content (AvgIpc) is 2.67. The first-order valence-corrected chi connectivity index (χ1v) is 8.59. The van der Waals surface area contributed by atoms with E-state index >= 15 is 0 Å². The van der Waals surface area contributed by atoms with Crippen LogP contribution in [0.15, 0.2) is 53.7 Å². The lowest BCUT2D eigenvalue weighted by molar-refractivity contribution is 0.132. The van der Waals surface area contributed by atoms with E-state index in [0.29, 0.717) is 12.2 Å². The molecule has 0 bridgehead atoms. The fourth-order valence-electron chi connectivity index (χ4n) is 3.18. The highest BCUT2D eigenvalue weighted by Crippen LogP contribution is 2.32. The molecule has 1 fully saturated rings. The van der Waals surface area contributed by atoms with Crippen LogP contribution >= 0.6 is 0 Å². The van der Waals surface area contributed by atoms with E-state index < -0.39 is 0 Å². The molecule has 0 heterocycles. The van der Waals surface area contributed by atoms with Crippen molar-refractivity contribution in [2.24, 2.45) is 5.16 Å². The molecule has 0 aliphatic heterocycles. The highest BCUT2D eigenvalue weighted by Gasteiger charge is 2.14. The summed E-state index contributed by atoms with van der Waals surface area (Å²) in [4.78, 5) is 5.33. The van der Waals surface area contributed by atoms with Crippen molar-refractivity contribution < 1.29 is 4.84 Å². The summed E-state index contributed by atoms with van der Waals surface area (Å²) in [6, 6.07) is 18.1. The van der Waals surface area contributed by atoms with Crippen molar-refractivity contribution in [1.29, 1.82) is 5.26 Å². The zero-order chi connectivity index (χ0) is 16.6. The van der Waals surface area contributed by atoms with Crippen LogP contribution in [0.1, 0.15) is 60.3 Å². The summed E-state index contributed by atoms with van der Waals surface area (Å²) in [6.07, 6.45) is 8.49. The van der Waals surface area contributed by atoms with Crippen LogP contribution in [0.5, 0.6) is 0 Å². The molecule has 0 N–H and O–H groups in total. The highest BCUT2D eigenvalue weighted by atomic mass is 16.6. The quantitative estimate of drug-likeness (QED) is 0.565. The molecule has 0 spiro atoms. The van der Waals surface area contributed by atoms with Crippen LogP contribution in [0, 0.1) is 11.3 Å². The zero-order valence-electron chi connectivity index (χ0n) is 13.8. The summed E-state index contributed by atoms with van der Waals surface area (Å²) in [5.74, 6) is 0.734. The second kappa shape index (κ2) is 8.31. The third-order valence-electron chi connectivity index (χ3n) is 4.60. The smallest absolute Gasteiger partial charge is 0.142 e. The van der Waals surface area contributed by atoms with Gasteiger partial charge in [0.15, 0.2) is 0 Å². The molecule has 0 unspecified atom stereocenters. The van der Waals surface area contributed by atoms with Gasteiger partial charge in [-0.25, -0.2) is 0 Å². The maximum Gasteiger partial charge on any atom is 0.142 e. The number of hydrogen-bond donors (Lipinski definition) is 0. The molecule has 2 aromatic rings. The van der Waals surface area contributed by atoms with Gasteiger partial charge in [-0.2, -0.15) is 5.26 Å². The molecule has 3 nitrogen and oxygen atoms in total. The molecule has 24 heavy (non-hydrogen) atoms. The van der Waals surface area contributed by atoms with E-state index in [1.54, 1.807) is 18.3 Å². The van der Waals surface area contributed by atoms with Gasteiger partial charge in [-0.3, -0.25) is 0 Å². The van der Waals surface area contributed by atoms with Gasteiger partial charge in [0.05, 0.1) is 17.8 Å². The van der Waals surface area contributed by atoms with Crippen LogP contribution in [0.25, 0.3) is 0 Å². The van der Waals surface area contributed by atoms with Gasteiger partial charge in [-0.15, -0.1) is 0 Å². The van der Waals surface area contributed by atoms with E-state index in [0.717, 1.165) is 17.0 Å². The Hall–Kier alpha value is -2.60. The highest BCUT2D eigenvalue weighted by molar-refractivity contribution is 5.79. The third kappa shape index (κ3) is 4.45. The summed E-state index contributed by atoms with van der Waals surface area (Å²) in [7, 11) is 0. The number of nitrogens with zero attached hydrogens (tertiary/aromatic N) is 2. The van der Waals surface area contributed by atoms with Gasteiger partial charge in [0.2, 0.25) is 0 Å². The lowest BCUT2D eigenvalue weighted by Gasteiger charge is -2.21. The minimum absolute atomic E-state index is 0.405. The molecular weight excluding hydrogens is 296 g/mol. The van der Waals surface area contributed by atoms with Crippen molar-refractivity contribution >= 4 is 6.21 Å². The summed E-state index contributed by atoms with van der Waals surface area (Å²) in [6.45, 7) is 0.405. The molecule has 3 rings (SSSR count). The van der Waals surface area contributed by atoms with Gasteiger partial charge in [0.25, 0.3) is 0 Å². The minimum atomic E-state index is 0.405. The van der Waals surface area contributed by atoms with E-state index in [9.17, 15) is 0 Å². The Morgan fingerprint density at radius 1 is 1.00 bits per heavy atom. The first kappa shape index (κ1) is 16.3. The predicted molar refractivity (Wildman–Crippen MR) is 95.8 cm³/mol. The van der Waals surface area contributed by atoms with Gasteiger partial charge >= 0.3 is 0 Å². The van der Waals surface area contributed by atoms with Crippen molar-refractivity contribution in [2.75, 3.05) is 0 Å². The minimum Gasteiger partial charge on any atom is -0.391 e. The van der Waals surface area contributed by atoms with Crippen LogP contribution in [0.4, 0.5) is 0 Å². The number of rotatable bonds is 5. The lowest BCUT2D eigenvalue weighted by atomic mass is 9.84. The number of oxime groups is 1. The summed E-state index contributed by atoms with van der Waals surface area (Å²) < 4.78 is 0. The fraction of sp³-hybridized carbons (Fsp3) is 0.333. The number of nitriles is 1. The molecule has 1 saturated carbocycles. The molecular formula is C21H22N2O. The summed E-state index contributed by atoms with van der Waals surface area (Å²) in [5.41, 5.74) is 4.15. The lowest BCUT2D eigenvalue weighted by Crippen LogP contribution is -2.04. The summed E-state index contributed by atoms with van der Waals surface area (Å²) >= 11 is 0. The van der Waals surface area contributed by atoms with Crippen LogP contribution < -0.4 is 0 Å². The molecule has 0 saturated heterocycles. The standard InChI is InChI=1S/C21H22N2O/c22-14-17-6-8-19(9-7-17)16-24-23-15-18-10-12-21(13-11-18)20-4-2-1-3-5-20/h6-13,15,20H,1-5,16H2. The largest absolute Gasteiger partial charge is 0.391 e. The van der Waals surface area contributed by atoms with Crippen molar-refractivity contribution in [3.05, 3.63) is 70.8 Å². The Morgan fingerprint density at radius 3 is 2.38 bits per heavy atom. The number of hydrogen-bond acceptors (Lipinski definition) is 3. The average molecular weight is 318 g/mol. The Balaban J connectivity index is 1.50. The first-order valence-electron chi connectivity index (χ1n) is 8.59. The van der Waals surface area contributed by atoms with E-state index in [2.05, 4.69) is 35.5 Å². The molecule has 122 valence electrons. The van der Waals surface area contributed by atoms with Crippen LogP contribution in [0.3, 0.4) is 0 Å². The molecule has 0 atom stereocenters. The molecule has 1 aliphatic carbocycles. The van der Waals surface area contributed by atoms with Gasteiger partial charge in [-0.05, 0) is 47.6 Å². The van der Waals surface area contributed by atoms with Crippen molar-refractivity contribution in [3.63, 3.8) is 0 Å². The molecule has 1 aliphatic rings. The Bertz CT molecular complexity index is 705. The normalized spacial score (nSPS) is 15.3. The van der Waals surface area contributed by atoms with Crippen LogP contribution in [-0.4, -0.2) is 6.21 Å². The number of benzene rings is 2. The second-order valence-electron chi connectivity index (χ2n) is 6.32. The Labute approximate surface area is 143 Å². The SMILES string of the molecule is N#Cc1ccc(CON=Cc2ccc(C3CCCCC3)cc2)cc1.